The molecule has 1 N–H and O–H groups in total. The predicted octanol–water partition coefficient (Wildman–Crippen LogP) is 7.13. The number of methoxy groups -OCH3 is 1. The van der Waals surface area contributed by atoms with Crippen LogP contribution in [0.1, 0.15) is 86.2 Å². The minimum Gasteiger partial charge on any atom is -0.469 e. The normalized spacial score (nSPS) is 21.6. The maximum absolute atomic E-state index is 12.6. The molecule has 0 amide bonds. The number of pyridine rings is 1. The lowest BCUT2D eigenvalue weighted by Gasteiger charge is -2.27. The summed E-state index contributed by atoms with van der Waals surface area (Å²) in [6.07, 6.45) is 5.87. The molecule has 2 aromatic carbocycles. The van der Waals surface area contributed by atoms with Gasteiger partial charge in [0.05, 0.1) is 47.8 Å². The van der Waals surface area contributed by atoms with Crippen molar-refractivity contribution in [1.82, 2.24) is 24.5 Å². The van der Waals surface area contributed by atoms with Crippen LogP contribution in [0.2, 0.25) is 0 Å². The van der Waals surface area contributed by atoms with Crippen molar-refractivity contribution in [2.24, 2.45) is 5.41 Å². The second kappa shape index (κ2) is 10.9. The van der Waals surface area contributed by atoms with Crippen LogP contribution in [-0.4, -0.2) is 42.7 Å². The van der Waals surface area contributed by atoms with Crippen molar-refractivity contribution in [3.05, 3.63) is 95.1 Å². The first-order valence-electron chi connectivity index (χ1n) is 16.0. The van der Waals surface area contributed by atoms with Gasteiger partial charge in [0.15, 0.2) is 0 Å². The molecule has 0 aliphatic heterocycles. The van der Waals surface area contributed by atoms with Gasteiger partial charge < -0.3 is 9.84 Å². The van der Waals surface area contributed by atoms with E-state index in [1.54, 1.807) is 0 Å². The number of aromatic nitrogens is 5. The molecule has 0 saturated heterocycles. The Balaban J connectivity index is 1.24. The standard InChI is InChI=1S/C37H41N5O3/c1-23(2)33-25(4)42(30-14-15-32(38-24(30)3)36-16-18-37(22-36,19-17-36)35(44)45-5)40-34(33)27-12-9-13-29-28(27)20-41(39-29)21-31(43)26-10-7-6-8-11-26/h6-15,20,23,31,43H,16-19,21-22H2,1-5H3. The van der Waals surface area contributed by atoms with Gasteiger partial charge in [-0.2, -0.15) is 10.2 Å². The molecule has 3 aromatic heterocycles. The van der Waals surface area contributed by atoms with Crippen LogP contribution in [0.3, 0.4) is 0 Å². The number of esters is 1. The van der Waals surface area contributed by atoms with Gasteiger partial charge in [0.25, 0.3) is 0 Å². The van der Waals surface area contributed by atoms with Gasteiger partial charge >= 0.3 is 5.97 Å². The molecule has 1 unspecified atom stereocenters. The van der Waals surface area contributed by atoms with Crippen LogP contribution in [0.25, 0.3) is 27.8 Å². The lowest BCUT2D eigenvalue weighted by atomic mass is 9.80. The lowest BCUT2D eigenvalue weighted by Crippen LogP contribution is -2.27. The third-order valence-electron chi connectivity index (χ3n) is 10.4. The number of ether oxygens (including phenoxy) is 1. The minimum atomic E-state index is -0.653. The van der Waals surface area contributed by atoms with E-state index >= 15 is 0 Å². The summed E-state index contributed by atoms with van der Waals surface area (Å²) in [6, 6.07) is 20.1. The summed E-state index contributed by atoms with van der Waals surface area (Å²) in [5, 5.41) is 21.9. The van der Waals surface area contributed by atoms with E-state index in [2.05, 4.69) is 45.9 Å². The number of benzene rings is 2. The van der Waals surface area contributed by atoms with E-state index < -0.39 is 6.10 Å². The molecule has 232 valence electrons. The van der Waals surface area contributed by atoms with Crippen molar-refractivity contribution >= 4 is 16.9 Å². The number of hydrogen-bond acceptors (Lipinski definition) is 6. The van der Waals surface area contributed by atoms with Gasteiger partial charge in [-0.05, 0) is 75.6 Å². The van der Waals surface area contributed by atoms with Gasteiger partial charge in [-0.25, -0.2) is 4.68 Å². The Bertz CT molecular complexity index is 1900. The van der Waals surface area contributed by atoms with Crippen LogP contribution in [0.4, 0.5) is 0 Å². The van der Waals surface area contributed by atoms with E-state index in [-0.39, 0.29) is 22.7 Å². The molecule has 0 spiro atoms. The zero-order valence-electron chi connectivity index (χ0n) is 26.7. The Hall–Kier alpha value is -4.30. The van der Waals surface area contributed by atoms with Gasteiger partial charge in [0.1, 0.15) is 0 Å². The predicted molar refractivity (Wildman–Crippen MR) is 174 cm³/mol. The summed E-state index contributed by atoms with van der Waals surface area (Å²) >= 11 is 0. The Morgan fingerprint density at radius 2 is 1.73 bits per heavy atom. The van der Waals surface area contributed by atoms with Crippen LogP contribution in [0.15, 0.2) is 66.9 Å². The summed E-state index contributed by atoms with van der Waals surface area (Å²) in [5.41, 5.74) is 8.54. The molecule has 5 aromatic rings. The first-order chi connectivity index (χ1) is 21.6. The summed E-state index contributed by atoms with van der Waals surface area (Å²) < 4.78 is 9.07. The molecule has 2 aliphatic rings. The SMILES string of the molecule is COC(=O)C12CCC(c3ccc(-n4nc(-c5cccc6nn(CC(O)c7ccccc7)cc56)c(C(C)C)c4C)c(C)n3)(CC1)C2. The topological polar surface area (TPSA) is 95.1 Å². The van der Waals surface area contributed by atoms with Gasteiger partial charge in [-0.15, -0.1) is 0 Å². The second-order valence-corrected chi connectivity index (χ2v) is 13.5. The highest BCUT2D eigenvalue weighted by molar-refractivity contribution is 5.94. The molecular formula is C37H41N5O3. The molecule has 8 heteroatoms. The Morgan fingerprint density at radius 1 is 0.978 bits per heavy atom. The van der Waals surface area contributed by atoms with Crippen LogP contribution >= 0.6 is 0 Å². The number of nitrogens with zero attached hydrogens (tertiary/aromatic N) is 5. The molecule has 1 atom stereocenters. The van der Waals surface area contributed by atoms with Gasteiger partial charge in [-0.3, -0.25) is 14.5 Å². The zero-order valence-corrected chi connectivity index (χ0v) is 26.7. The molecule has 2 bridgehead atoms. The van der Waals surface area contributed by atoms with Crippen LogP contribution in [0, 0.1) is 19.3 Å². The monoisotopic (exact) mass is 603 g/mol. The van der Waals surface area contributed by atoms with Crippen LogP contribution < -0.4 is 0 Å². The van der Waals surface area contributed by atoms with Gasteiger partial charge in [-0.1, -0.05) is 56.3 Å². The number of carbonyl (C=O) groups is 1. The van der Waals surface area contributed by atoms with Gasteiger partial charge in [0, 0.05) is 39.5 Å². The first-order valence-corrected chi connectivity index (χ1v) is 16.0. The largest absolute Gasteiger partial charge is 0.469 e. The third kappa shape index (κ3) is 4.78. The van der Waals surface area contributed by atoms with Crippen LogP contribution in [-0.2, 0) is 21.5 Å². The summed E-state index contributed by atoms with van der Waals surface area (Å²) in [7, 11) is 1.50. The molecule has 2 saturated carbocycles. The van der Waals surface area contributed by atoms with E-state index in [1.165, 1.54) is 12.7 Å². The highest BCUT2D eigenvalue weighted by atomic mass is 16.5. The van der Waals surface area contributed by atoms with Gasteiger partial charge in [0.2, 0.25) is 0 Å². The number of hydrogen-bond donors (Lipinski definition) is 1. The van der Waals surface area contributed by atoms with E-state index in [0.717, 1.165) is 82.6 Å². The third-order valence-corrected chi connectivity index (χ3v) is 10.4. The van der Waals surface area contributed by atoms with Crippen molar-refractivity contribution in [2.45, 2.75) is 83.8 Å². The maximum Gasteiger partial charge on any atom is 0.311 e. The van der Waals surface area contributed by atoms with E-state index in [4.69, 9.17) is 19.9 Å². The highest BCUT2D eigenvalue weighted by Gasteiger charge is 2.59. The fourth-order valence-electron chi connectivity index (χ4n) is 8.11. The van der Waals surface area contributed by atoms with Crippen LogP contribution in [0.5, 0.6) is 0 Å². The number of aliphatic hydroxyl groups excluding tert-OH is 1. The average Bonchev–Trinajstić information content (AvgIpc) is 3.82. The first kappa shape index (κ1) is 29.4. The highest BCUT2D eigenvalue weighted by Crippen LogP contribution is 2.62. The van der Waals surface area contributed by atoms with E-state index in [1.807, 2.05) is 58.0 Å². The molecule has 0 radical (unpaired) electrons. The molecular weight excluding hydrogens is 562 g/mol. The number of fused-ring (bicyclic) bond motifs is 3. The zero-order chi connectivity index (χ0) is 31.5. The number of aryl methyl sites for hydroxylation is 1. The Morgan fingerprint density at radius 3 is 2.42 bits per heavy atom. The summed E-state index contributed by atoms with van der Waals surface area (Å²) in [5.74, 6) is 0.179. The van der Waals surface area contributed by atoms with E-state index in [9.17, 15) is 9.90 Å². The fraction of sp³-hybridized carbons (Fsp3) is 0.405. The Kier molecular flexibility index (Phi) is 7.15. The quantitative estimate of drug-likeness (QED) is 0.190. The molecule has 8 nitrogen and oxygen atoms in total. The average molecular weight is 604 g/mol. The smallest absolute Gasteiger partial charge is 0.311 e. The second-order valence-electron chi connectivity index (χ2n) is 13.5. The Labute approximate surface area is 264 Å². The number of carbonyl (C=O) groups excluding carboxylic acids is 1. The van der Waals surface area contributed by atoms with Crippen molar-refractivity contribution in [1.29, 1.82) is 0 Å². The fourth-order valence-corrected chi connectivity index (χ4v) is 8.11. The minimum absolute atomic E-state index is 0.0607. The molecule has 3 heterocycles. The number of aliphatic hydroxyl groups is 1. The van der Waals surface area contributed by atoms with Crippen molar-refractivity contribution in [3.8, 4) is 16.9 Å². The molecule has 7 rings (SSSR count). The maximum atomic E-state index is 12.6. The molecule has 2 aliphatic carbocycles. The van der Waals surface area contributed by atoms with Crippen molar-refractivity contribution in [2.75, 3.05) is 7.11 Å². The molecule has 2 fully saturated rings. The summed E-state index contributed by atoms with van der Waals surface area (Å²) in [4.78, 5) is 17.8. The van der Waals surface area contributed by atoms with Crippen molar-refractivity contribution < 1.29 is 14.6 Å². The number of rotatable bonds is 8. The van der Waals surface area contributed by atoms with E-state index in [0.29, 0.717) is 6.54 Å². The molecule has 45 heavy (non-hydrogen) atoms. The summed E-state index contributed by atoms with van der Waals surface area (Å²) in [6.45, 7) is 8.97. The van der Waals surface area contributed by atoms with Crippen molar-refractivity contribution in [3.63, 3.8) is 0 Å². The lowest BCUT2D eigenvalue weighted by molar-refractivity contribution is -0.152.